The standard InChI is InChI=1S/C20H30N6O2/c1-24(2)10-15-11-26(23-22-15)18-13-28-19-17(12-27-20(18)19)21-9-14-5-7-16(8-6-14)25(3)4/h5-8,11,17-21H,9-10,12-13H2,1-4H3/t17-,18-,19+,20+/m0/s1. The number of rotatable bonds is 7. The van der Waals surface area contributed by atoms with Crippen molar-refractivity contribution in [3.8, 4) is 0 Å². The third-order valence-corrected chi connectivity index (χ3v) is 5.42. The summed E-state index contributed by atoms with van der Waals surface area (Å²) in [6.45, 7) is 2.84. The van der Waals surface area contributed by atoms with Crippen molar-refractivity contribution in [1.82, 2.24) is 25.2 Å². The highest BCUT2D eigenvalue weighted by molar-refractivity contribution is 5.45. The van der Waals surface area contributed by atoms with E-state index in [1.807, 2.05) is 25.0 Å². The summed E-state index contributed by atoms with van der Waals surface area (Å²) in [5.74, 6) is 0. The van der Waals surface area contributed by atoms with Gasteiger partial charge in [-0.1, -0.05) is 17.3 Å². The molecule has 152 valence electrons. The predicted molar refractivity (Wildman–Crippen MR) is 107 cm³/mol. The molecule has 1 aromatic heterocycles. The van der Waals surface area contributed by atoms with Crippen molar-refractivity contribution in [3.05, 3.63) is 41.7 Å². The molecule has 2 aliphatic rings. The first-order valence-corrected chi connectivity index (χ1v) is 9.79. The van der Waals surface area contributed by atoms with Gasteiger partial charge in [-0.15, -0.1) is 5.10 Å². The van der Waals surface area contributed by atoms with Crippen LogP contribution >= 0.6 is 0 Å². The van der Waals surface area contributed by atoms with E-state index in [0.717, 1.165) is 18.8 Å². The van der Waals surface area contributed by atoms with Crippen molar-refractivity contribution < 1.29 is 9.47 Å². The third-order valence-electron chi connectivity index (χ3n) is 5.42. The molecule has 1 N–H and O–H groups in total. The van der Waals surface area contributed by atoms with E-state index < -0.39 is 0 Å². The molecule has 2 fully saturated rings. The maximum Gasteiger partial charge on any atom is 0.110 e. The zero-order chi connectivity index (χ0) is 19.7. The summed E-state index contributed by atoms with van der Waals surface area (Å²) in [4.78, 5) is 4.19. The van der Waals surface area contributed by atoms with Crippen molar-refractivity contribution in [2.24, 2.45) is 0 Å². The van der Waals surface area contributed by atoms with Gasteiger partial charge in [0.2, 0.25) is 0 Å². The number of ether oxygens (including phenoxy) is 2. The molecule has 0 spiro atoms. The molecule has 0 amide bonds. The van der Waals surface area contributed by atoms with E-state index in [1.54, 1.807) is 0 Å². The van der Waals surface area contributed by atoms with E-state index in [-0.39, 0.29) is 24.3 Å². The Balaban J connectivity index is 1.34. The van der Waals surface area contributed by atoms with Crippen molar-refractivity contribution in [1.29, 1.82) is 0 Å². The normalized spacial score (nSPS) is 26.8. The molecule has 2 saturated heterocycles. The molecule has 4 atom stereocenters. The fraction of sp³-hybridized carbons (Fsp3) is 0.600. The number of nitrogens with zero attached hydrogens (tertiary/aromatic N) is 5. The molecular formula is C20H30N6O2. The Morgan fingerprint density at radius 3 is 2.54 bits per heavy atom. The largest absolute Gasteiger partial charge is 0.378 e. The lowest BCUT2D eigenvalue weighted by molar-refractivity contribution is 0.0619. The van der Waals surface area contributed by atoms with Crippen LogP contribution in [0.2, 0.25) is 0 Å². The number of hydrogen-bond acceptors (Lipinski definition) is 7. The average molecular weight is 387 g/mol. The van der Waals surface area contributed by atoms with Crippen LogP contribution in [0.4, 0.5) is 5.69 Å². The van der Waals surface area contributed by atoms with Crippen molar-refractivity contribution in [2.45, 2.75) is 37.4 Å². The topological polar surface area (TPSA) is 67.7 Å². The molecule has 0 unspecified atom stereocenters. The van der Waals surface area contributed by atoms with Gasteiger partial charge in [0.1, 0.15) is 18.2 Å². The Labute approximate surface area is 166 Å². The predicted octanol–water partition coefficient (Wildman–Crippen LogP) is 0.903. The summed E-state index contributed by atoms with van der Waals surface area (Å²) in [7, 11) is 8.15. The van der Waals surface area contributed by atoms with Gasteiger partial charge in [0.15, 0.2) is 0 Å². The second-order valence-corrected chi connectivity index (χ2v) is 8.14. The van der Waals surface area contributed by atoms with Gasteiger partial charge < -0.3 is 24.6 Å². The van der Waals surface area contributed by atoms with Crippen LogP contribution in [-0.2, 0) is 22.6 Å². The molecule has 2 aromatic rings. The molecule has 8 nitrogen and oxygen atoms in total. The van der Waals surface area contributed by atoms with E-state index in [2.05, 4.69) is 63.8 Å². The van der Waals surface area contributed by atoms with Crippen molar-refractivity contribution in [2.75, 3.05) is 46.3 Å². The van der Waals surface area contributed by atoms with Crippen molar-refractivity contribution >= 4 is 5.69 Å². The molecule has 8 heteroatoms. The highest BCUT2D eigenvalue weighted by atomic mass is 16.6. The molecule has 0 aliphatic carbocycles. The number of fused-ring (bicyclic) bond motifs is 1. The van der Waals surface area contributed by atoms with Gasteiger partial charge in [0.05, 0.1) is 31.1 Å². The van der Waals surface area contributed by atoms with E-state index in [4.69, 9.17) is 9.47 Å². The summed E-state index contributed by atoms with van der Waals surface area (Å²) in [5, 5.41) is 12.2. The van der Waals surface area contributed by atoms with Gasteiger partial charge in [-0.2, -0.15) is 0 Å². The molecule has 0 saturated carbocycles. The Kier molecular flexibility index (Phi) is 5.63. The minimum Gasteiger partial charge on any atom is -0.378 e. The van der Waals surface area contributed by atoms with E-state index in [1.165, 1.54) is 11.3 Å². The first-order valence-electron chi connectivity index (χ1n) is 9.79. The van der Waals surface area contributed by atoms with Crippen LogP contribution in [0.3, 0.4) is 0 Å². The monoisotopic (exact) mass is 386 g/mol. The van der Waals surface area contributed by atoms with Gasteiger partial charge in [-0.05, 0) is 31.8 Å². The zero-order valence-corrected chi connectivity index (χ0v) is 17.1. The van der Waals surface area contributed by atoms with Crippen LogP contribution in [0.25, 0.3) is 0 Å². The van der Waals surface area contributed by atoms with Crippen LogP contribution in [-0.4, -0.2) is 79.5 Å². The SMILES string of the molecule is CN(C)Cc1cn([C@H]2CO[C@H]3[C@@H]2OC[C@@H]3NCc2ccc(N(C)C)cc2)nn1. The zero-order valence-electron chi connectivity index (χ0n) is 17.1. The minimum absolute atomic E-state index is 0.0162. The van der Waals surface area contributed by atoms with Crippen LogP contribution < -0.4 is 10.2 Å². The van der Waals surface area contributed by atoms with Gasteiger partial charge in [0, 0.05) is 32.9 Å². The summed E-state index contributed by atoms with van der Waals surface area (Å²) in [6, 6.07) is 8.88. The lowest BCUT2D eigenvalue weighted by Crippen LogP contribution is -2.40. The third kappa shape index (κ3) is 4.05. The number of anilines is 1. The minimum atomic E-state index is 0.0162. The highest BCUT2D eigenvalue weighted by Crippen LogP contribution is 2.34. The van der Waals surface area contributed by atoms with Gasteiger partial charge in [-0.3, -0.25) is 0 Å². The molecule has 0 bridgehead atoms. The molecule has 28 heavy (non-hydrogen) atoms. The number of nitrogens with one attached hydrogen (secondary N) is 1. The second-order valence-electron chi connectivity index (χ2n) is 8.14. The molecule has 1 aromatic carbocycles. The molecular weight excluding hydrogens is 356 g/mol. The van der Waals surface area contributed by atoms with Crippen LogP contribution in [0.15, 0.2) is 30.5 Å². The molecule has 0 radical (unpaired) electrons. The average Bonchev–Trinajstić information content (AvgIpc) is 3.36. The smallest absolute Gasteiger partial charge is 0.110 e. The summed E-state index contributed by atoms with van der Waals surface area (Å²) in [6.07, 6.45) is 2.07. The van der Waals surface area contributed by atoms with Crippen molar-refractivity contribution in [3.63, 3.8) is 0 Å². The number of benzene rings is 1. The fourth-order valence-electron chi connectivity index (χ4n) is 3.91. The van der Waals surface area contributed by atoms with Gasteiger partial charge in [-0.25, -0.2) is 4.68 Å². The second kappa shape index (κ2) is 8.16. The maximum absolute atomic E-state index is 6.09. The first-order chi connectivity index (χ1) is 13.5. The Morgan fingerprint density at radius 2 is 1.82 bits per heavy atom. The van der Waals surface area contributed by atoms with E-state index in [9.17, 15) is 0 Å². The van der Waals surface area contributed by atoms with E-state index in [0.29, 0.717) is 13.2 Å². The highest BCUT2D eigenvalue weighted by Gasteiger charge is 2.48. The Bertz CT molecular complexity index is 775. The molecule has 2 aliphatic heterocycles. The van der Waals surface area contributed by atoms with Gasteiger partial charge in [0.25, 0.3) is 0 Å². The summed E-state index contributed by atoms with van der Waals surface area (Å²) < 4.78 is 14.1. The molecule has 3 heterocycles. The Hall–Kier alpha value is -2.00. The quantitative estimate of drug-likeness (QED) is 0.758. The van der Waals surface area contributed by atoms with Crippen LogP contribution in [0.1, 0.15) is 17.3 Å². The van der Waals surface area contributed by atoms with Crippen LogP contribution in [0, 0.1) is 0 Å². The Morgan fingerprint density at radius 1 is 1.07 bits per heavy atom. The van der Waals surface area contributed by atoms with Gasteiger partial charge >= 0.3 is 0 Å². The fourth-order valence-corrected chi connectivity index (χ4v) is 3.91. The lowest BCUT2D eigenvalue weighted by Gasteiger charge is -2.18. The maximum atomic E-state index is 6.09. The van der Waals surface area contributed by atoms with E-state index >= 15 is 0 Å². The summed E-state index contributed by atoms with van der Waals surface area (Å²) >= 11 is 0. The lowest BCUT2D eigenvalue weighted by atomic mass is 10.1. The summed E-state index contributed by atoms with van der Waals surface area (Å²) in [5.41, 5.74) is 3.42. The molecule has 4 rings (SSSR count). The number of hydrogen-bond donors (Lipinski definition) is 1. The first kappa shape index (κ1) is 19.3. The van der Waals surface area contributed by atoms with Crippen LogP contribution in [0.5, 0.6) is 0 Å². The number of aromatic nitrogens is 3.